The third-order valence-electron chi connectivity index (χ3n) is 5.50. The molecule has 0 atom stereocenters. The van der Waals surface area contributed by atoms with Crippen LogP contribution in [0.15, 0.2) is 72.8 Å². The minimum Gasteiger partial charge on any atom is -0.497 e. The third kappa shape index (κ3) is 5.38. The Morgan fingerprint density at radius 1 is 0.912 bits per heavy atom. The SMILES string of the molecule is COC(=O)COc1cccc(NC(=O)CCc2c(-c3ccc(OC)cc3)[nH]c3ccccc23)c1. The van der Waals surface area contributed by atoms with E-state index < -0.39 is 5.97 Å². The second-order valence-electron chi connectivity index (χ2n) is 7.69. The van der Waals surface area contributed by atoms with E-state index in [0.29, 0.717) is 24.3 Å². The van der Waals surface area contributed by atoms with Gasteiger partial charge in [-0.25, -0.2) is 4.79 Å². The maximum atomic E-state index is 12.7. The number of rotatable bonds is 9. The van der Waals surface area contributed by atoms with Gasteiger partial charge in [-0.05, 0) is 60.0 Å². The summed E-state index contributed by atoms with van der Waals surface area (Å²) in [6.45, 7) is -0.192. The molecule has 0 aliphatic carbocycles. The summed E-state index contributed by atoms with van der Waals surface area (Å²) < 4.78 is 15.2. The van der Waals surface area contributed by atoms with Gasteiger partial charge in [0, 0.05) is 34.8 Å². The molecule has 1 heterocycles. The van der Waals surface area contributed by atoms with E-state index in [2.05, 4.69) is 21.1 Å². The summed E-state index contributed by atoms with van der Waals surface area (Å²) >= 11 is 0. The van der Waals surface area contributed by atoms with E-state index in [1.807, 2.05) is 42.5 Å². The normalized spacial score (nSPS) is 10.6. The predicted octanol–water partition coefficient (Wildman–Crippen LogP) is 4.97. The van der Waals surface area contributed by atoms with Crippen LogP contribution in [0.4, 0.5) is 5.69 Å². The Labute approximate surface area is 197 Å². The minimum atomic E-state index is -0.471. The van der Waals surface area contributed by atoms with E-state index in [1.165, 1.54) is 7.11 Å². The average Bonchev–Trinajstić information content (AvgIpc) is 3.25. The maximum absolute atomic E-state index is 12.7. The van der Waals surface area contributed by atoms with E-state index >= 15 is 0 Å². The fourth-order valence-corrected chi connectivity index (χ4v) is 3.79. The lowest BCUT2D eigenvalue weighted by atomic mass is 10.0. The highest BCUT2D eigenvalue weighted by atomic mass is 16.6. The Hall–Kier alpha value is -4.26. The van der Waals surface area contributed by atoms with Gasteiger partial charge in [-0.1, -0.05) is 24.3 Å². The molecule has 0 fully saturated rings. The quantitative estimate of drug-likeness (QED) is 0.346. The topological polar surface area (TPSA) is 89.7 Å². The molecule has 0 aliphatic rings. The summed E-state index contributed by atoms with van der Waals surface area (Å²) in [5.74, 6) is 0.678. The first-order chi connectivity index (χ1) is 16.6. The van der Waals surface area contributed by atoms with Gasteiger partial charge in [-0.3, -0.25) is 4.79 Å². The first-order valence-corrected chi connectivity index (χ1v) is 10.9. The molecule has 7 heteroatoms. The van der Waals surface area contributed by atoms with Gasteiger partial charge in [0.25, 0.3) is 0 Å². The Bertz CT molecular complexity index is 1290. The van der Waals surface area contributed by atoms with Crippen molar-refractivity contribution < 1.29 is 23.8 Å². The number of hydrogen-bond acceptors (Lipinski definition) is 5. The molecule has 0 radical (unpaired) electrons. The van der Waals surface area contributed by atoms with Crippen molar-refractivity contribution in [3.63, 3.8) is 0 Å². The number of benzene rings is 3. The number of nitrogens with one attached hydrogen (secondary N) is 2. The zero-order valence-electron chi connectivity index (χ0n) is 19.1. The lowest BCUT2D eigenvalue weighted by Crippen LogP contribution is -2.14. The number of methoxy groups -OCH3 is 2. The fourth-order valence-electron chi connectivity index (χ4n) is 3.79. The van der Waals surface area contributed by atoms with Crippen LogP contribution in [-0.2, 0) is 20.7 Å². The molecule has 0 spiro atoms. The van der Waals surface area contributed by atoms with Gasteiger partial charge in [0.05, 0.1) is 14.2 Å². The van der Waals surface area contributed by atoms with Crippen LogP contribution in [0.25, 0.3) is 22.2 Å². The molecule has 4 rings (SSSR count). The van der Waals surface area contributed by atoms with E-state index in [9.17, 15) is 9.59 Å². The molecule has 0 aliphatic heterocycles. The molecule has 0 bridgehead atoms. The van der Waals surface area contributed by atoms with Crippen LogP contribution in [0.3, 0.4) is 0 Å². The monoisotopic (exact) mass is 458 g/mol. The first-order valence-electron chi connectivity index (χ1n) is 10.9. The van der Waals surface area contributed by atoms with E-state index in [0.717, 1.165) is 33.5 Å². The van der Waals surface area contributed by atoms with Crippen molar-refractivity contribution in [3.8, 4) is 22.8 Å². The number of aromatic nitrogens is 1. The van der Waals surface area contributed by atoms with Crippen molar-refractivity contribution in [1.29, 1.82) is 0 Å². The number of anilines is 1. The molecule has 34 heavy (non-hydrogen) atoms. The van der Waals surface area contributed by atoms with Crippen molar-refractivity contribution in [1.82, 2.24) is 4.98 Å². The zero-order valence-corrected chi connectivity index (χ0v) is 19.1. The number of aryl methyl sites for hydroxylation is 1. The number of ether oxygens (including phenoxy) is 3. The number of carbonyl (C=O) groups is 2. The summed E-state index contributed by atoms with van der Waals surface area (Å²) in [6, 6.07) is 22.9. The van der Waals surface area contributed by atoms with Gasteiger partial charge in [-0.15, -0.1) is 0 Å². The fraction of sp³-hybridized carbons (Fsp3) is 0.185. The number of carbonyl (C=O) groups excluding carboxylic acids is 2. The van der Waals surface area contributed by atoms with Crippen molar-refractivity contribution in [2.24, 2.45) is 0 Å². The number of amides is 1. The second-order valence-corrected chi connectivity index (χ2v) is 7.69. The Balaban J connectivity index is 1.48. The maximum Gasteiger partial charge on any atom is 0.343 e. The third-order valence-corrected chi connectivity index (χ3v) is 5.50. The largest absolute Gasteiger partial charge is 0.497 e. The number of para-hydroxylation sites is 1. The minimum absolute atomic E-state index is 0.115. The molecule has 7 nitrogen and oxygen atoms in total. The van der Waals surface area contributed by atoms with Crippen LogP contribution >= 0.6 is 0 Å². The van der Waals surface area contributed by atoms with Crippen LogP contribution in [-0.4, -0.2) is 37.7 Å². The molecule has 0 saturated carbocycles. The van der Waals surface area contributed by atoms with Gasteiger partial charge in [0.15, 0.2) is 6.61 Å². The van der Waals surface area contributed by atoms with Crippen LogP contribution in [0.2, 0.25) is 0 Å². The van der Waals surface area contributed by atoms with Gasteiger partial charge in [-0.2, -0.15) is 0 Å². The smallest absolute Gasteiger partial charge is 0.343 e. The number of esters is 1. The molecule has 1 aromatic heterocycles. The zero-order chi connectivity index (χ0) is 23.9. The van der Waals surface area contributed by atoms with E-state index in [1.54, 1.807) is 31.4 Å². The summed E-state index contributed by atoms with van der Waals surface area (Å²) in [6.07, 6.45) is 0.869. The summed E-state index contributed by atoms with van der Waals surface area (Å²) in [4.78, 5) is 27.5. The first kappa shape index (κ1) is 22.9. The number of H-pyrrole nitrogens is 1. The molecule has 2 N–H and O–H groups in total. The lowest BCUT2D eigenvalue weighted by molar-refractivity contribution is -0.142. The van der Waals surface area contributed by atoms with Crippen molar-refractivity contribution >= 4 is 28.5 Å². The Morgan fingerprint density at radius 2 is 1.71 bits per heavy atom. The highest BCUT2D eigenvalue weighted by Crippen LogP contribution is 2.32. The second kappa shape index (κ2) is 10.6. The molecule has 1 amide bonds. The van der Waals surface area contributed by atoms with Gasteiger partial charge in [0.1, 0.15) is 11.5 Å². The molecule has 0 saturated heterocycles. The standard InChI is InChI=1S/C27H26N2O5/c1-32-20-12-10-18(11-13-20)27-23(22-8-3-4-9-24(22)29-27)14-15-25(30)28-19-6-5-7-21(16-19)34-17-26(31)33-2/h3-13,16,29H,14-15,17H2,1-2H3,(H,28,30). The summed E-state index contributed by atoms with van der Waals surface area (Å²) in [5, 5.41) is 4.00. The van der Waals surface area contributed by atoms with Crippen molar-refractivity contribution in [3.05, 3.63) is 78.4 Å². The van der Waals surface area contributed by atoms with Crippen molar-refractivity contribution in [2.75, 3.05) is 26.1 Å². The number of fused-ring (bicyclic) bond motifs is 1. The van der Waals surface area contributed by atoms with Crippen molar-refractivity contribution in [2.45, 2.75) is 12.8 Å². The molecule has 0 unspecified atom stereocenters. The number of aromatic amines is 1. The summed E-state index contributed by atoms with van der Waals surface area (Å²) in [5.41, 5.74) is 4.74. The molecular weight excluding hydrogens is 432 g/mol. The average molecular weight is 459 g/mol. The Kier molecular flexibility index (Phi) is 7.13. The molecule has 4 aromatic rings. The van der Waals surface area contributed by atoms with Crippen LogP contribution in [0.1, 0.15) is 12.0 Å². The van der Waals surface area contributed by atoms with Gasteiger partial charge in [0.2, 0.25) is 5.91 Å². The van der Waals surface area contributed by atoms with E-state index in [-0.39, 0.29) is 12.5 Å². The Morgan fingerprint density at radius 3 is 2.47 bits per heavy atom. The number of hydrogen-bond donors (Lipinski definition) is 2. The van der Waals surface area contributed by atoms with Crippen LogP contribution in [0.5, 0.6) is 11.5 Å². The highest BCUT2D eigenvalue weighted by molar-refractivity contribution is 5.94. The molecular formula is C27H26N2O5. The van der Waals surface area contributed by atoms with Gasteiger partial charge < -0.3 is 24.5 Å². The summed E-state index contributed by atoms with van der Waals surface area (Å²) in [7, 11) is 2.94. The lowest BCUT2D eigenvalue weighted by Gasteiger charge is -2.09. The highest BCUT2D eigenvalue weighted by Gasteiger charge is 2.15. The molecule has 174 valence electrons. The van der Waals surface area contributed by atoms with Gasteiger partial charge >= 0.3 is 5.97 Å². The van der Waals surface area contributed by atoms with Crippen LogP contribution in [0, 0.1) is 0 Å². The predicted molar refractivity (Wildman–Crippen MR) is 131 cm³/mol. The van der Waals surface area contributed by atoms with Crippen LogP contribution < -0.4 is 14.8 Å². The molecule has 3 aromatic carbocycles. The van der Waals surface area contributed by atoms with E-state index in [4.69, 9.17) is 9.47 Å².